The molecule has 0 bridgehead atoms. The molecule has 1 aromatic rings. The molecule has 0 aliphatic rings. The van der Waals surface area contributed by atoms with Crippen LogP contribution < -0.4 is 5.73 Å². The normalized spacial score (nSPS) is 12.2. The Morgan fingerprint density at radius 3 is 2.88 bits per heavy atom. The highest BCUT2D eigenvalue weighted by Crippen LogP contribution is 2.04. The minimum Gasteiger partial charge on any atom is -0.393 e. The average Bonchev–Trinajstić information content (AvgIpc) is 2.24. The predicted molar refractivity (Wildman–Crippen MR) is 61.9 cm³/mol. The molecule has 0 aliphatic heterocycles. The van der Waals surface area contributed by atoms with E-state index in [1.165, 1.54) is 4.90 Å². The van der Waals surface area contributed by atoms with Gasteiger partial charge in [-0.25, -0.2) is 4.98 Å². The third-order valence-corrected chi connectivity index (χ3v) is 2.22. The number of aliphatic hydroxyl groups excluding tert-OH is 1. The number of carbonyl (C=O) groups is 1. The standard InChI is InChI=1S/C11H17N3O2/c1-8(15)6-7-14(2)11(16)9-4-3-5-10(12)13-9/h3-5,8,15H,6-7H2,1-2H3,(H2,12,13). The van der Waals surface area contributed by atoms with Crippen molar-refractivity contribution in [2.75, 3.05) is 19.3 Å². The molecule has 0 spiro atoms. The molecule has 0 aliphatic carbocycles. The monoisotopic (exact) mass is 223 g/mol. The van der Waals surface area contributed by atoms with E-state index in [4.69, 9.17) is 10.8 Å². The van der Waals surface area contributed by atoms with E-state index in [2.05, 4.69) is 4.98 Å². The predicted octanol–water partition coefficient (Wildman–Crippen LogP) is 0.507. The zero-order valence-electron chi connectivity index (χ0n) is 9.55. The van der Waals surface area contributed by atoms with Crippen LogP contribution in [0.2, 0.25) is 0 Å². The number of nitrogen functional groups attached to an aromatic ring is 1. The highest BCUT2D eigenvalue weighted by molar-refractivity contribution is 5.92. The first-order valence-corrected chi connectivity index (χ1v) is 5.16. The van der Waals surface area contributed by atoms with Crippen LogP contribution in [0.3, 0.4) is 0 Å². The van der Waals surface area contributed by atoms with E-state index in [9.17, 15) is 4.79 Å². The third-order valence-electron chi connectivity index (χ3n) is 2.22. The van der Waals surface area contributed by atoms with Gasteiger partial charge in [0.2, 0.25) is 0 Å². The van der Waals surface area contributed by atoms with Gasteiger partial charge in [0.25, 0.3) is 5.91 Å². The van der Waals surface area contributed by atoms with Crippen LogP contribution in [0.25, 0.3) is 0 Å². The summed E-state index contributed by atoms with van der Waals surface area (Å²) in [5, 5.41) is 9.12. The zero-order chi connectivity index (χ0) is 12.1. The van der Waals surface area contributed by atoms with Gasteiger partial charge in [0.05, 0.1) is 6.10 Å². The van der Waals surface area contributed by atoms with Crippen molar-refractivity contribution < 1.29 is 9.90 Å². The lowest BCUT2D eigenvalue weighted by Gasteiger charge is -2.17. The zero-order valence-corrected chi connectivity index (χ0v) is 9.55. The highest BCUT2D eigenvalue weighted by atomic mass is 16.3. The minimum atomic E-state index is -0.413. The van der Waals surface area contributed by atoms with E-state index in [1.54, 1.807) is 32.2 Å². The van der Waals surface area contributed by atoms with E-state index >= 15 is 0 Å². The third kappa shape index (κ3) is 3.51. The second kappa shape index (κ2) is 5.46. The Labute approximate surface area is 94.9 Å². The van der Waals surface area contributed by atoms with Crippen LogP contribution in [0.1, 0.15) is 23.8 Å². The molecule has 0 saturated carbocycles. The molecule has 1 unspecified atom stereocenters. The first-order valence-electron chi connectivity index (χ1n) is 5.16. The van der Waals surface area contributed by atoms with Crippen molar-refractivity contribution in [3.8, 4) is 0 Å². The quantitative estimate of drug-likeness (QED) is 0.779. The van der Waals surface area contributed by atoms with Gasteiger partial charge in [0.15, 0.2) is 0 Å². The number of hydrogen-bond acceptors (Lipinski definition) is 4. The van der Waals surface area contributed by atoms with E-state index in [0.29, 0.717) is 24.5 Å². The van der Waals surface area contributed by atoms with Crippen molar-refractivity contribution in [2.45, 2.75) is 19.4 Å². The number of aromatic nitrogens is 1. The van der Waals surface area contributed by atoms with Gasteiger partial charge in [0, 0.05) is 13.6 Å². The summed E-state index contributed by atoms with van der Waals surface area (Å²) in [7, 11) is 1.68. The summed E-state index contributed by atoms with van der Waals surface area (Å²) in [6.07, 6.45) is 0.133. The summed E-state index contributed by atoms with van der Waals surface area (Å²) in [6, 6.07) is 4.95. The van der Waals surface area contributed by atoms with E-state index in [1.807, 2.05) is 0 Å². The van der Waals surface area contributed by atoms with Crippen molar-refractivity contribution in [2.24, 2.45) is 0 Å². The number of amides is 1. The summed E-state index contributed by atoms with van der Waals surface area (Å²) in [6.45, 7) is 2.18. The summed E-state index contributed by atoms with van der Waals surface area (Å²) < 4.78 is 0. The lowest BCUT2D eigenvalue weighted by atomic mass is 10.2. The van der Waals surface area contributed by atoms with Gasteiger partial charge >= 0.3 is 0 Å². The van der Waals surface area contributed by atoms with Crippen LogP contribution in [-0.2, 0) is 0 Å². The molecule has 1 heterocycles. The van der Waals surface area contributed by atoms with Gasteiger partial charge in [0.1, 0.15) is 11.5 Å². The van der Waals surface area contributed by atoms with Gasteiger partial charge in [-0.05, 0) is 25.5 Å². The highest BCUT2D eigenvalue weighted by Gasteiger charge is 2.13. The number of rotatable bonds is 4. The molecule has 1 rings (SSSR count). The van der Waals surface area contributed by atoms with Crippen LogP contribution >= 0.6 is 0 Å². The molecular weight excluding hydrogens is 206 g/mol. The van der Waals surface area contributed by atoms with Gasteiger partial charge in [-0.3, -0.25) is 4.79 Å². The van der Waals surface area contributed by atoms with E-state index < -0.39 is 6.10 Å². The topological polar surface area (TPSA) is 79.5 Å². The Bertz CT molecular complexity index is 366. The Hall–Kier alpha value is -1.62. The molecule has 5 heteroatoms. The van der Waals surface area contributed by atoms with E-state index in [-0.39, 0.29) is 5.91 Å². The maximum absolute atomic E-state index is 11.8. The number of nitrogens with zero attached hydrogens (tertiary/aromatic N) is 2. The largest absolute Gasteiger partial charge is 0.393 e. The SMILES string of the molecule is CC(O)CCN(C)C(=O)c1cccc(N)n1. The maximum atomic E-state index is 11.8. The summed E-state index contributed by atoms with van der Waals surface area (Å²) in [4.78, 5) is 17.3. The molecule has 16 heavy (non-hydrogen) atoms. The van der Waals surface area contributed by atoms with Gasteiger partial charge in [-0.1, -0.05) is 6.07 Å². The fraction of sp³-hybridized carbons (Fsp3) is 0.455. The van der Waals surface area contributed by atoms with Crippen LogP contribution in [0, 0.1) is 0 Å². The summed E-state index contributed by atoms with van der Waals surface area (Å²) in [5.41, 5.74) is 5.82. The molecule has 0 saturated heterocycles. The van der Waals surface area contributed by atoms with Crippen molar-refractivity contribution in [1.82, 2.24) is 9.88 Å². The molecule has 3 N–H and O–H groups in total. The number of carbonyl (C=O) groups excluding carboxylic acids is 1. The fourth-order valence-electron chi connectivity index (χ4n) is 1.25. The molecule has 5 nitrogen and oxygen atoms in total. The lowest BCUT2D eigenvalue weighted by molar-refractivity contribution is 0.0763. The van der Waals surface area contributed by atoms with Crippen LogP contribution in [0.15, 0.2) is 18.2 Å². The van der Waals surface area contributed by atoms with Crippen LogP contribution in [0.4, 0.5) is 5.82 Å². The second-order valence-corrected chi connectivity index (χ2v) is 3.81. The lowest BCUT2D eigenvalue weighted by Crippen LogP contribution is -2.30. The number of anilines is 1. The Morgan fingerprint density at radius 2 is 2.31 bits per heavy atom. The first kappa shape index (κ1) is 12.4. The molecule has 88 valence electrons. The molecular formula is C11H17N3O2. The smallest absolute Gasteiger partial charge is 0.272 e. The van der Waals surface area contributed by atoms with Crippen LogP contribution in [-0.4, -0.2) is 40.6 Å². The van der Waals surface area contributed by atoms with Crippen molar-refractivity contribution in [1.29, 1.82) is 0 Å². The molecule has 1 atom stereocenters. The number of pyridine rings is 1. The molecule has 0 radical (unpaired) electrons. The van der Waals surface area contributed by atoms with Crippen molar-refractivity contribution >= 4 is 11.7 Å². The fourth-order valence-corrected chi connectivity index (χ4v) is 1.25. The molecule has 1 aromatic heterocycles. The van der Waals surface area contributed by atoms with Crippen molar-refractivity contribution in [3.05, 3.63) is 23.9 Å². The van der Waals surface area contributed by atoms with Crippen LogP contribution in [0.5, 0.6) is 0 Å². The maximum Gasteiger partial charge on any atom is 0.272 e. The number of aliphatic hydroxyl groups is 1. The summed E-state index contributed by atoms with van der Waals surface area (Å²) >= 11 is 0. The Balaban J connectivity index is 2.63. The molecule has 0 fully saturated rings. The number of hydrogen-bond donors (Lipinski definition) is 2. The molecule has 0 aromatic carbocycles. The van der Waals surface area contributed by atoms with Crippen molar-refractivity contribution in [3.63, 3.8) is 0 Å². The van der Waals surface area contributed by atoms with Gasteiger partial charge in [-0.2, -0.15) is 0 Å². The Kier molecular flexibility index (Phi) is 4.25. The van der Waals surface area contributed by atoms with E-state index in [0.717, 1.165) is 0 Å². The second-order valence-electron chi connectivity index (χ2n) is 3.81. The Morgan fingerprint density at radius 1 is 1.62 bits per heavy atom. The minimum absolute atomic E-state index is 0.187. The first-order chi connectivity index (χ1) is 7.50. The van der Waals surface area contributed by atoms with Gasteiger partial charge in [-0.15, -0.1) is 0 Å². The van der Waals surface area contributed by atoms with Gasteiger partial charge < -0.3 is 15.7 Å². The summed E-state index contributed by atoms with van der Waals surface area (Å²) in [5.74, 6) is 0.141. The molecule has 1 amide bonds. The number of nitrogens with two attached hydrogens (primary N) is 1. The average molecular weight is 223 g/mol.